The molecule has 28 heavy (non-hydrogen) atoms. The maximum Gasteiger partial charge on any atom is 0.260 e. The summed E-state index contributed by atoms with van der Waals surface area (Å²) in [5, 5.41) is 0.457. The third-order valence-corrected chi connectivity index (χ3v) is 4.98. The van der Waals surface area contributed by atoms with Crippen molar-refractivity contribution >= 4 is 29.0 Å². The molecule has 1 aliphatic rings. The van der Waals surface area contributed by atoms with E-state index in [9.17, 15) is 9.59 Å². The van der Waals surface area contributed by atoms with Gasteiger partial charge >= 0.3 is 0 Å². The van der Waals surface area contributed by atoms with Gasteiger partial charge in [0.1, 0.15) is 11.5 Å². The van der Waals surface area contributed by atoms with Gasteiger partial charge in [-0.25, -0.2) is 0 Å². The molecule has 3 rings (SSSR count). The molecule has 0 aromatic heterocycles. The van der Waals surface area contributed by atoms with Crippen molar-refractivity contribution in [1.29, 1.82) is 0 Å². The van der Waals surface area contributed by atoms with Crippen LogP contribution in [0.3, 0.4) is 0 Å². The minimum absolute atomic E-state index is 0.0983. The fourth-order valence-corrected chi connectivity index (χ4v) is 3.31. The predicted octanol–water partition coefficient (Wildman–Crippen LogP) is 3.28. The zero-order valence-electron chi connectivity index (χ0n) is 16.0. The van der Waals surface area contributed by atoms with E-state index in [1.807, 2.05) is 24.3 Å². The van der Waals surface area contributed by atoms with Gasteiger partial charge in [0.15, 0.2) is 12.4 Å². The summed E-state index contributed by atoms with van der Waals surface area (Å²) in [4.78, 5) is 28.2. The van der Waals surface area contributed by atoms with E-state index in [1.165, 1.54) is 6.92 Å². The molecule has 6 nitrogen and oxygen atoms in total. The van der Waals surface area contributed by atoms with Crippen LogP contribution in [0.1, 0.15) is 17.3 Å². The summed E-state index contributed by atoms with van der Waals surface area (Å²) in [5.41, 5.74) is 1.49. The number of benzene rings is 2. The maximum absolute atomic E-state index is 12.5. The Labute approximate surface area is 169 Å². The lowest BCUT2D eigenvalue weighted by molar-refractivity contribution is -0.133. The number of anilines is 1. The Morgan fingerprint density at radius 2 is 1.71 bits per heavy atom. The molecule has 1 amide bonds. The Bertz CT molecular complexity index is 846. The van der Waals surface area contributed by atoms with Crippen LogP contribution in [0.5, 0.6) is 11.5 Å². The maximum atomic E-state index is 12.5. The smallest absolute Gasteiger partial charge is 0.260 e. The number of rotatable bonds is 6. The van der Waals surface area contributed by atoms with Crippen LogP contribution in [-0.2, 0) is 4.79 Å². The number of halogens is 1. The zero-order valence-corrected chi connectivity index (χ0v) is 16.7. The zero-order chi connectivity index (χ0) is 20.1. The van der Waals surface area contributed by atoms with E-state index in [0.717, 1.165) is 24.5 Å². The van der Waals surface area contributed by atoms with E-state index in [4.69, 9.17) is 21.1 Å². The van der Waals surface area contributed by atoms with E-state index in [1.54, 1.807) is 30.2 Å². The van der Waals surface area contributed by atoms with Gasteiger partial charge in [-0.15, -0.1) is 0 Å². The standard InChI is InChI=1S/C21H23ClN2O4/c1-15(25)19-13-16(22)3-8-20(19)28-14-21(26)24-11-9-23(10-12-24)17-4-6-18(27-2)7-5-17/h3-8,13H,9-12,14H2,1-2H3. The molecule has 0 saturated carbocycles. The summed E-state index contributed by atoms with van der Waals surface area (Å²) in [6.07, 6.45) is 0. The van der Waals surface area contributed by atoms with E-state index in [2.05, 4.69) is 4.90 Å². The Kier molecular flexibility index (Phi) is 6.41. The van der Waals surface area contributed by atoms with E-state index >= 15 is 0 Å². The number of amides is 1. The van der Waals surface area contributed by atoms with Crippen molar-refractivity contribution in [3.8, 4) is 11.5 Å². The highest BCUT2D eigenvalue weighted by Crippen LogP contribution is 2.24. The largest absolute Gasteiger partial charge is 0.497 e. The first-order chi connectivity index (χ1) is 13.5. The molecule has 7 heteroatoms. The summed E-state index contributed by atoms with van der Waals surface area (Å²) in [5.74, 6) is 0.945. The summed E-state index contributed by atoms with van der Waals surface area (Å²) in [6, 6.07) is 12.7. The van der Waals surface area contributed by atoms with Crippen LogP contribution in [0.4, 0.5) is 5.69 Å². The molecule has 1 saturated heterocycles. The van der Waals surface area contributed by atoms with Gasteiger partial charge in [0.05, 0.1) is 12.7 Å². The van der Waals surface area contributed by atoms with E-state index < -0.39 is 0 Å². The fourth-order valence-electron chi connectivity index (χ4n) is 3.14. The molecule has 0 radical (unpaired) electrons. The number of Topliss-reactive ketones (excluding diaryl/α,β-unsaturated/α-hetero) is 1. The van der Waals surface area contributed by atoms with Crippen LogP contribution in [-0.4, -0.2) is 56.5 Å². The monoisotopic (exact) mass is 402 g/mol. The van der Waals surface area contributed by atoms with Crippen molar-refractivity contribution in [2.24, 2.45) is 0 Å². The summed E-state index contributed by atoms with van der Waals surface area (Å²) in [7, 11) is 1.64. The Hall–Kier alpha value is -2.73. The number of methoxy groups -OCH3 is 1. The molecular formula is C21H23ClN2O4. The van der Waals surface area contributed by atoms with Gasteiger partial charge in [0, 0.05) is 36.9 Å². The second-order valence-electron chi connectivity index (χ2n) is 6.55. The van der Waals surface area contributed by atoms with Gasteiger partial charge in [-0.1, -0.05) is 11.6 Å². The van der Waals surface area contributed by atoms with Crippen LogP contribution >= 0.6 is 11.6 Å². The van der Waals surface area contributed by atoms with Gasteiger partial charge in [0.2, 0.25) is 0 Å². The molecule has 0 unspecified atom stereocenters. The lowest BCUT2D eigenvalue weighted by Crippen LogP contribution is -2.50. The van der Waals surface area contributed by atoms with Crippen LogP contribution in [0.25, 0.3) is 0 Å². The molecule has 0 N–H and O–H groups in total. The number of nitrogens with zero attached hydrogens (tertiary/aromatic N) is 2. The van der Waals surface area contributed by atoms with Crippen molar-refractivity contribution < 1.29 is 19.1 Å². The molecular weight excluding hydrogens is 380 g/mol. The van der Waals surface area contributed by atoms with Crippen LogP contribution in [0.15, 0.2) is 42.5 Å². The molecule has 1 aliphatic heterocycles. The number of carbonyl (C=O) groups is 2. The molecule has 0 aliphatic carbocycles. The average Bonchev–Trinajstić information content (AvgIpc) is 2.72. The number of piperazine rings is 1. The number of hydrogen-bond donors (Lipinski definition) is 0. The number of hydrogen-bond acceptors (Lipinski definition) is 5. The van der Waals surface area contributed by atoms with Crippen LogP contribution in [0, 0.1) is 0 Å². The quantitative estimate of drug-likeness (QED) is 0.694. The minimum Gasteiger partial charge on any atom is -0.497 e. The summed E-state index contributed by atoms with van der Waals surface area (Å²) in [6.45, 7) is 4.07. The van der Waals surface area contributed by atoms with Gasteiger partial charge in [0.25, 0.3) is 5.91 Å². The third kappa shape index (κ3) is 4.75. The summed E-state index contributed by atoms with van der Waals surface area (Å²) >= 11 is 5.93. The van der Waals surface area contributed by atoms with Gasteiger partial charge in [-0.2, -0.15) is 0 Å². The number of ether oxygens (including phenoxy) is 2. The SMILES string of the molecule is COc1ccc(N2CCN(C(=O)COc3ccc(Cl)cc3C(C)=O)CC2)cc1. The topological polar surface area (TPSA) is 59.1 Å². The van der Waals surface area contributed by atoms with E-state index in [0.29, 0.717) is 29.4 Å². The molecule has 1 heterocycles. The predicted molar refractivity (Wildman–Crippen MR) is 109 cm³/mol. The van der Waals surface area contributed by atoms with Crippen molar-refractivity contribution in [3.63, 3.8) is 0 Å². The molecule has 2 aromatic carbocycles. The van der Waals surface area contributed by atoms with Gasteiger partial charge in [-0.05, 0) is 49.4 Å². The molecule has 0 atom stereocenters. The highest BCUT2D eigenvalue weighted by atomic mass is 35.5. The lowest BCUT2D eigenvalue weighted by Gasteiger charge is -2.36. The Morgan fingerprint density at radius 3 is 2.32 bits per heavy atom. The van der Waals surface area contributed by atoms with Crippen LogP contribution in [0.2, 0.25) is 5.02 Å². The highest BCUT2D eigenvalue weighted by molar-refractivity contribution is 6.31. The van der Waals surface area contributed by atoms with Crippen molar-refractivity contribution in [1.82, 2.24) is 4.90 Å². The normalized spacial score (nSPS) is 14.0. The number of carbonyl (C=O) groups excluding carboxylic acids is 2. The first kappa shape index (κ1) is 20.0. The van der Waals surface area contributed by atoms with Crippen molar-refractivity contribution in [3.05, 3.63) is 53.1 Å². The van der Waals surface area contributed by atoms with Crippen molar-refractivity contribution in [2.75, 3.05) is 44.8 Å². The second-order valence-corrected chi connectivity index (χ2v) is 6.99. The molecule has 0 bridgehead atoms. The summed E-state index contributed by atoms with van der Waals surface area (Å²) < 4.78 is 10.8. The van der Waals surface area contributed by atoms with Gasteiger partial charge in [-0.3, -0.25) is 9.59 Å². The molecule has 0 spiro atoms. The Balaban J connectivity index is 1.53. The third-order valence-electron chi connectivity index (χ3n) is 4.74. The first-order valence-corrected chi connectivity index (χ1v) is 9.46. The Morgan fingerprint density at radius 1 is 1.04 bits per heavy atom. The average molecular weight is 403 g/mol. The highest BCUT2D eigenvalue weighted by Gasteiger charge is 2.22. The second kappa shape index (κ2) is 8.97. The number of ketones is 1. The van der Waals surface area contributed by atoms with E-state index in [-0.39, 0.29) is 18.3 Å². The minimum atomic E-state index is -0.155. The lowest BCUT2D eigenvalue weighted by atomic mass is 10.1. The molecule has 1 fully saturated rings. The van der Waals surface area contributed by atoms with Gasteiger partial charge < -0.3 is 19.3 Å². The fraction of sp³-hybridized carbons (Fsp3) is 0.333. The van der Waals surface area contributed by atoms with Crippen LogP contribution < -0.4 is 14.4 Å². The molecule has 148 valence electrons. The van der Waals surface area contributed by atoms with Crippen molar-refractivity contribution in [2.45, 2.75) is 6.92 Å². The first-order valence-electron chi connectivity index (χ1n) is 9.08. The molecule has 2 aromatic rings.